The van der Waals surface area contributed by atoms with E-state index in [4.69, 9.17) is 9.94 Å². The van der Waals surface area contributed by atoms with Crippen molar-refractivity contribution in [3.8, 4) is 0 Å². The molecule has 10 heteroatoms. The van der Waals surface area contributed by atoms with Crippen LogP contribution in [-0.2, 0) is 27.5 Å². The van der Waals surface area contributed by atoms with Crippen molar-refractivity contribution in [2.24, 2.45) is 5.92 Å². The molecule has 2 aromatic carbocycles. The van der Waals surface area contributed by atoms with Crippen molar-refractivity contribution < 1.29 is 29.1 Å². The van der Waals surface area contributed by atoms with Gasteiger partial charge >= 0.3 is 6.09 Å². The number of nitrogens with one attached hydrogen (secondary N) is 4. The van der Waals surface area contributed by atoms with E-state index in [1.807, 2.05) is 44.2 Å². The van der Waals surface area contributed by atoms with Crippen molar-refractivity contribution in [2.45, 2.75) is 52.4 Å². The molecule has 4 amide bonds. The molecular formula is C25H32N4O6. The van der Waals surface area contributed by atoms with E-state index in [0.717, 1.165) is 5.56 Å². The van der Waals surface area contributed by atoms with Crippen LogP contribution in [0.4, 0.5) is 4.79 Å². The van der Waals surface area contributed by atoms with Crippen LogP contribution in [0.15, 0.2) is 54.6 Å². The van der Waals surface area contributed by atoms with Gasteiger partial charge in [-0.1, -0.05) is 56.3 Å². The van der Waals surface area contributed by atoms with Gasteiger partial charge in [0, 0.05) is 12.1 Å². The molecule has 0 bridgehead atoms. The summed E-state index contributed by atoms with van der Waals surface area (Å²) in [6, 6.07) is 13.8. The Labute approximate surface area is 204 Å². The quantitative estimate of drug-likeness (QED) is 0.244. The van der Waals surface area contributed by atoms with E-state index in [9.17, 15) is 19.2 Å². The summed E-state index contributed by atoms with van der Waals surface area (Å²) in [5, 5.41) is 16.6. The van der Waals surface area contributed by atoms with E-state index in [-0.39, 0.29) is 24.6 Å². The fourth-order valence-corrected chi connectivity index (χ4v) is 3.22. The molecule has 0 heterocycles. The van der Waals surface area contributed by atoms with Crippen molar-refractivity contribution >= 4 is 23.8 Å². The topological polar surface area (TPSA) is 146 Å². The molecule has 2 atom stereocenters. The average Bonchev–Trinajstić information content (AvgIpc) is 2.85. The number of rotatable bonds is 11. The Morgan fingerprint density at radius 3 is 2.23 bits per heavy atom. The summed E-state index contributed by atoms with van der Waals surface area (Å²) in [5.41, 5.74) is 3.25. The lowest BCUT2D eigenvalue weighted by Gasteiger charge is -2.22. The molecule has 10 nitrogen and oxygen atoms in total. The summed E-state index contributed by atoms with van der Waals surface area (Å²) in [4.78, 5) is 49.1. The molecule has 2 rings (SSSR count). The van der Waals surface area contributed by atoms with Crippen LogP contribution in [0.1, 0.15) is 48.7 Å². The smallest absolute Gasteiger partial charge is 0.408 e. The van der Waals surface area contributed by atoms with Gasteiger partial charge in [0.05, 0.1) is 0 Å². The molecule has 0 aromatic heterocycles. The van der Waals surface area contributed by atoms with Gasteiger partial charge in [-0.3, -0.25) is 19.6 Å². The minimum atomic E-state index is -0.873. The van der Waals surface area contributed by atoms with Gasteiger partial charge in [-0.25, -0.2) is 10.3 Å². The third-order valence-corrected chi connectivity index (χ3v) is 5.04. The summed E-state index contributed by atoms with van der Waals surface area (Å²) in [7, 11) is 0. The Morgan fingerprint density at radius 2 is 1.57 bits per heavy atom. The van der Waals surface area contributed by atoms with Crippen molar-refractivity contribution in [1.82, 2.24) is 21.4 Å². The zero-order valence-corrected chi connectivity index (χ0v) is 20.0. The summed E-state index contributed by atoms with van der Waals surface area (Å²) in [5.74, 6) is -1.50. The molecule has 188 valence electrons. The monoisotopic (exact) mass is 484 g/mol. The van der Waals surface area contributed by atoms with Gasteiger partial charge in [-0.2, -0.15) is 0 Å². The highest BCUT2D eigenvalue weighted by Gasteiger charge is 2.25. The standard InChI is InChI=1S/C25H32N4O6/c1-16(2)12-21(28-25(33)35-15-18-8-5-4-6-9-18)24(32)27-17(3)22(30)26-14-19-10-7-11-20(13-19)23(31)29-34/h4-11,13,16-17,21,34H,12,14-15H2,1-3H3,(H,26,30)(H,27,32)(H,28,33)(H,29,31)/t17-,21-/m0/s1. The maximum atomic E-state index is 12.8. The molecule has 0 spiro atoms. The van der Waals surface area contributed by atoms with Crippen molar-refractivity contribution in [3.63, 3.8) is 0 Å². The largest absolute Gasteiger partial charge is 0.445 e. The molecule has 0 saturated heterocycles. The average molecular weight is 485 g/mol. The Kier molecular flexibility index (Phi) is 10.7. The third-order valence-electron chi connectivity index (χ3n) is 5.04. The molecule has 35 heavy (non-hydrogen) atoms. The Balaban J connectivity index is 1.89. The van der Waals surface area contributed by atoms with Crippen LogP contribution >= 0.6 is 0 Å². The minimum absolute atomic E-state index is 0.0721. The van der Waals surface area contributed by atoms with Crippen molar-refractivity contribution in [3.05, 3.63) is 71.3 Å². The predicted molar refractivity (Wildman–Crippen MR) is 128 cm³/mol. The molecular weight excluding hydrogens is 452 g/mol. The van der Waals surface area contributed by atoms with E-state index < -0.39 is 35.9 Å². The van der Waals surface area contributed by atoms with Crippen LogP contribution in [0.25, 0.3) is 0 Å². The first kappa shape index (κ1) is 27.3. The molecule has 0 radical (unpaired) electrons. The second-order valence-corrected chi connectivity index (χ2v) is 8.48. The summed E-state index contributed by atoms with van der Waals surface area (Å²) in [6.07, 6.45) is -0.362. The van der Waals surface area contributed by atoms with Crippen LogP contribution in [0, 0.1) is 5.92 Å². The van der Waals surface area contributed by atoms with Crippen LogP contribution in [0.2, 0.25) is 0 Å². The van der Waals surface area contributed by atoms with Gasteiger partial charge in [0.15, 0.2) is 0 Å². The summed E-state index contributed by atoms with van der Waals surface area (Å²) in [6.45, 7) is 5.55. The molecule has 5 N–H and O–H groups in total. The number of hydrogen-bond acceptors (Lipinski definition) is 6. The van der Waals surface area contributed by atoms with E-state index in [1.165, 1.54) is 19.1 Å². The second-order valence-electron chi connectivity index (χ2n) is 8.48. The van der Waals surface area contributed by atoms with Gasteiger partial charge in [-0.05, 0) is 42.5 Å². The van der Waals surface area contributed by atoms with Crippen molar-refractivity contribution in [2.75, 3.05) is 0 Å². The van der Waals surface area contributed by atoms with E-state index in [1.54, 1.807) is 17.6 Å². The van der Waals surface area contributed by atoms with Crippen LogP contribution in [0.3, 0.4) is 0 Å². The number of ether oxygens (including phenoxy) is 1. The maximum Gasteiger partial charge on any atom is 0.408 e. The third kappa shape index (κ3) is 9.46. The summed E-state index contributed by atoms with van der Waals surface area (Å²) < 4.78 is 5.21. The summed E-state index contributed by atoms with van der Waals surface area (Å²) >= 11 is 0. The molecule has 0 fully saturated rings. The molecule has 0 saturated carbocycles. The molecule has 0 aliphatic carbocycles. The molecule has 0 aliphatic rings. The fraction of sp³-hybridized carbons (Fsp3) is 0.360. The molecule has 0 aliphatic heterocycles. The minimum Gasteiger partial charge on any atom is -0.445 e. The lowest BCUT2D eigenvalue weighted by Crippen LogP contribution is -2.53. The number of benzene rings is 2. The highest BCUT2D eigenvalue weighted by molar-refractivity contribution is 5.93. The van der Waals surface area contributed by atoms with Gasteiger partial charge in [0.1, 0.15) is 18.7 Å². The zero-order chi connectivity index (χ0) is 25.8. The van der Waals surface area contributed by atoms with E-state index >= 15 is 0 Å². The van der Waals surface area contributed by atoms with Gasteiger partial charge < -0.3 is 20.7 Å². The predicted octanol–water partition coefficient (Wildman–Crippen LogP) is 2.27. The number of alkyl carbamates (subject to hydrolysis) is 1. The lowest BCUT2D eigenvalue weighted by molar-refractivity contribution is -0.129. The van der Waals surface area contributed by atoms with Crippen LogP contribution < -0.4 is 21.4 Å². The van der Waals surface area contributed by atoms with Crippen LogP contribution in [0.5, 0.6) is 0 Å². The fourth-order valence-electron chi connectivity index (χ4n) is 3.22. The van der Waals surface area contributed by atoms with E-state index in [2.05, 4.69) is 16.0 Å². The van der Waals surface area contributed by atoms with Gasteiger partial charge in [0.25, 0.3) is 5.91 Å². The zero-order valence-electron chi connectivity index (χ0n) is 20.0. The highest BCUT2D eigenvalue weighted by Crippen LogP contribution is 2.08. The number of carbonyl (C=O) groups is 4. The highest BCUT2D eigenvalue weighted by atomic mass is 16.5. The van der Waals surface area contributed by atoms with Crippen LogP contribution in [-0.4, -0.2) is 41.1 Å². The van der Waals surface area contributed by atoms with Gasteiger partial charge in [-0.15, -0.1) is 0 Å². The Bertz CT molecular complexity index is 1010. The number of hydroxylamine groups is 1. The number of carbonyl (C=O) groups excluding carboxylic acids is 4. The maximum absolute atomic E-state index is 12.8. The SMILES string of the molecule is CC(C)C[C@H](NC(=O)OCc1ccccc1)C(=O)N[C@@H](C)C(=O)NCc1cccc(C(=O)NO)c1. The first-order valence-corrected chi connectivity index (χ1v) is 11.3. The number of amides is 4. The van der Waals surface area contributed by atoms with Crippen molar-refractivity contribution in [1.29, 1.82) is 0 Å². The first-order chi connectivity index (χ1) is 16.7. The normalized spacial score (nSPS) is 12.3. The second kappa shape index (κ2) is 13.7. The number of hydrogen-bond donors (Lipinski definition) is 5. The first-order valence-electron chi connectivity index (χ1n) is 11.3. The van der Waals surface area contributed by atoms with Gasteiger partial charge in [0.2, 0.25) is 11.8 Å². The van der Waals surface area contributed by atoms with E-state index in [0.29, 0.717) is 12.0 Å². The Morgan fingerprint density at radius 1 is 0.886 bits per heavy atom. The lowest BCUT2D eigenvalue weighted by atomic mass is 10.0. The molecule has 0 unspecified atom stereocenters. The Hall–Kier alpha value is -3.92. The molecule has 2 aromatic rings.